The van der Waals surface area contributed by atoms with E-state index in [1.54, 1.807) is 32.3 Å². The van der Waals surface area contributed by atoms with Gasteiger partial charge in [0.15, 0.2) is 11.6 Å². The Bertz CT molecular complexity index is 5150. The van der Waals surface area contributed by atoms with Crippen LogP contribution in [0.1, 0.15) is 149 Å². The van der Waals surface area contributed by atoms with E-state index in [4.69, 9.17) is 0 Å². The van der Waals surface area contributed by atoms with Gasteiger partial charge in [-0.3, -0.25) is 9.59 Å². The molecule has 10 aromatic carbocycles. The van der Waals surface area contributed by atoms with Crippen LogP contribution >= 0.6 is 11.3 Å². The van der Waals surface area contributed by atoms with Crippen molar-refractivity contribution in [2.24, 2.45) is 0 Å². The van der Waals surface area contributed by atoms with Crippen molar-refractivity contribution in [3.8, 4) is 39.1 Å². The standard InChI is InChI=1S/C88H78N4O2S/c1-7-43-87(44-8-2)79-17-13-11-15-70(79)72-39-34-65(48-81(72)87)76(63-31-23-59(24-32-63)21-19-57(5)93)47-61-25-29-62(30-26-61)64-33-40-74-77-52-78-75-42-38-68(51-85(75)95-86(78)53-84(77)92(83(74)49-64)69-54-89-56-90-55-69)91(66-35-27-60(28-36-66)22-20-58(6)94)67-37-41-73-71-16-12-14-18-80(71)88(45-9-3,46-10-4)82(73)50-67/h11-42,48-56,76H,7-10,43-47H2,1-6H3. The van der Waals surface area contributed by atoms with Crippen molar-refractivity contribution in [2.45, 2.75) is 116 Å². The Kier molecular flexibility index (Phi) is 16.3. The molecule has 0 saturated heterocycles. The lowest BCUT2D eigenvalue weighted by Crippen LogP contribution is -2.25. The smallest absolute Gasteiger partial charge is 0.152 e. The van der Waals surface area contributed by atoms with Crippen LogP contribution in [0.25, 0.3) is 93.2 Å². The van der Waals surface area contributed by atoms with E-state index in [1.807, 2.05) is 35.9 Å². The summed E-state index contributed by atoms with van der Waals surface area (Å²) in [4.78, 5) is 35.5. The quantitative estimate of drug-likeness (QED) is 0.0671. The summed E-state index contributed by atoms with van der Waals surface area (Å²) in [7, 11) is 0. The predicted molar refractivity (Wildman–Crippen MR) is 399 cm³/mol. The number of aromatic nitrogens is 3. The van der Waals surface area contributed by atoms with Crippen LogP contribution < -0.4 is 4.90 Å². The van der Waals surface area contributed by atoms with E-state index in [-0.39, 0.29) is 28.3 Å². The van der Waals surface area contributed by atoms with Gasteiger partial charge < -0.3 is 9.47 Å². The summed E-state index contributed by atoms with van der Waals surface area (Å²) in [6.45, 7) is 12.5. The fraction of sp³-hybridized carbons (Fsp3) is 0.205. The lowest BCUT2D eigenvalue weighted by Gasteiger charge is -2.33. The van der Waals surface area contributed by atoms with Crippen molar-refractivity contribution < 1.29 is 9.59 Å². The van der Waals surface area contributed by atoms with E-state index in [0.717, 1.165) is 114 Å². The molecule has 1 unspecified atom stereocenters. The number of allylic oxidation sites excluding steroid dienone is 2. The lowest BCUT2D eigenvalue weighted by molar-refractivity contribution is -0.113. The molecule has 3 aromatic heterocycles. The summed E-state index contributed by atoms with van der Waals surface area (Å²) < 4.78 is 4.76. The first-order valence-electron chi connectivity index (χ1n) is 34.1. The van der Waals surface area contributed by atoms with Gasteiger partial charge in [-0.1, -0.05) is 217 Å². The van der Waals surface area contributed by atoms with Crippen molar-refractivity contribution >= 4 is 94.1 Å². The molecule has 0 N–H and O–H groups in total. The Morgan fingerprint density at radius 3 is 1.59 bits per heavy atom. The van der Waals surface area contributed by atoms with E-state index in [1.165, 1.54) is 92.1 Å². The highest BCUT2D eigenvalue weighted by Gasteiger charge is 2.43. The van der Waals surface area contributed by atoms with Crippen LogP contribution in [-0.4, -0.2) is 26.1 Å². The number of thiophene rings is 1. The van der Waals surface area contributed by atoms with E-state index in [2.05, 4.69) is 253 Å². The number of carbonyl (C=O) groups excluding carboxylic acids is 2. The highest BCUT2D eigenvalue weighted by Crippen LogP contribution is 2.57. The average molecular weight is 1260 g/mol. The third-order valence-corrected chi connectivity index (χ3v) is 21.7. The topological polar surface area (TPSA) is 68.1 Å². The van der Waals surface area contributed by atoms with Gasteiger partial charge in [0.05, 0.1) is 29.1 Å². The SMILES string of the molecule is CCCC1(CCC)c2ccccc2-c2ccc(C(Cc3ccc(-c4ccc5c6cc7c(cc6n(-c6cncnc6)c5c4)sc4cc(N(c5ccc(C=CC(C)=O)cc5)c5ccc6c(c5)C(CCC)(CCC)c5ccccc5-6)ccc47)cc3)c3ccc(C=CC(C)=O)cc3)cc21. The molecule has 7 heteroatoms. The van der Waals surface area contributed by atoms with Crippen LogP contribution in [0.3, 0.4) is 0 Å². The summed E-state index contributed by atoms with van der Waals surface area (Å²) in [5.74, 6) is 0.167. The number of ketones is 2. The highest BCUT2D eigenvalue weighted by molar-refractivity contribution is 7.26. The zero-order valence-electron chi connectivity index (χ0n) is 55.1. The maximum atomic E-state index is 12.0. The first-order chi connectivity index (χ1) is 46.5. The van der Waals surface area contributed by atoms with Crippen LogP contribution in [-0.2, 0) is 26.8 Å². The Balaban J connectivity index is 0.795. The van der Waals surface area contributed by atoms with Gasteiger partial charge in [0, 0.05) is 64.8 Å². The third-order valence-electron chi connectivity index (χ3n) is 20.6. The zero-order chi connectivity index (χ0) is 65.0. The van der Waals surface area contributed by atoms with Crippen molar-refractivity contribution in [3.63, 3.8) is 0 Å². The molecule has 0 spiro atoms. The number of hydrogen-bond acceptors (Lipinski definition) is 6. The second-order valence-corrected chi connectivity index (χ2v) is 27.6. The largest absolute Gasteiger partial charge is 0.310 e. The van der Waals surface area contributed by atoms with E-state index >= 15 is 0 Å². The minimum atomic E-state index is -0.0618. The molecule has 0 radical (unpaired) electrons. The average Bonchev–Trinajstić information content (AvgIpc) is 1.58. The molecule has 0 fully saturated rings. The number of anilines is 3. The second kappa shape index (κ2) is 25.3. The van der Waals surface area contributed by atoms with Gasteiger partial charge in [-0.15, -0.1) is 11.3 Å². The van der Waals surface area contributed by atoms with Crippen LogP contribution in [0, 0.1) is 0 Å². The van der Waals surface area contributed by atoms with Gasteiger partial charge in [-0.25, -0.2) is 9.97 Å². The zero-order valence-corrected chi connectivity index (χ0v) is 55.9. The molecule has 2 aliphatic rings. The number of nitrogens with zero attached hydrogens (tertiary/aromatic N) is 4. The molecule has 1 atom stereocenters. The minimum absolute atomic E-state index is 0.0131. The molecule has 0 amide bonds. The monoisotopic (exact) mass is 1250 g/mol. The van der Waals surface area contributed by atoms with E-state index in [9.17, 15) is 9.59 Å². The molecule has 15 rings (SSSR count). The van der Waals surface area contributed by atoms with Crippen LogP contribution in [0.5, 0.6) is 0 Å². The maximum Gasteiger partial charge on any atom is 0.152 e. The van der Waals surface area contributed by atoms with Crippen molar-refractivity contribution in [1.82, 2.24) is 14.5 Å². The Hall–Kier alpha value is -10.1. The van der Waals surface area contributed by atoms with Gasteiger partial charge in [-0.2, -0.15) is 0 Å². The maximum absolute atomic E-state index is 12.0. The summed E-state index contributed by atoms with van der Waals surface area (Å²) in [5.41, 5.74) is 25.7. The molecule has 0 saturated carbocycles. The number of fused-ring (bicyclic) bond motifs is 12. The van der Waals surface area contributed by atoms with Gasteiger partial charge >= 0.3 is 0 Å². The number of benzene rings is 10. The number of rotatable bonds is 21. The first kappa shape index (κ1) is 61.1. The minimum Gasteiger partial charge on any atom is -0.310 e. The predicted octanol–water partition coefficient (Wildman–Crippen LogP) is 23.4. The van der Waals surface area contributed by atoms with Crippen LogP contribution in [0.4, 0.5) is 17.1 Å². The molecule has 0 aliphatic heterocycles. The second-order valence-electron chi connectivity index (χ2n) is 26.5. The van der Waals surface area contributed by atoms with Crippen LogP contribution in [0.2, 0.25) is 0 Å². The fourth-order valence-electron chi connectivity index (χ4n) is 16.5. The van der Waals surface area contributed by atoms with E-state index < -0.39 is 0 Å². The Labute approximate surface area is 562 Å². The number of carbonyl (C=O) groups is 2. The molecular formula is C88H78N4O2S. The Morgan fingerprint density at radius 1 is 0.463 bits per heavy atom. The molecule has 6 nitrogen and oxygen atoms in total. The fourth-order valence-corrected chi connectivity index (χ4v) is 17.7. The summed E-state index contributed by atoms with van der Waals surface area (Å²) in [6.07, 6.45) is 22.2. The Morgan fingerprint density at radius 2 is 0.968 bits per heavy atom. The van der Waals surface area contributed by atoms with Crippen LogP contribution in [0.15, 0.2) is 237 Å². The molecule has 0 bridgehead atoms. The highest BCUT2D eigenvalue weighted by atomic mass is 32.1. The molecule has 468 valence electrons. The van der Waals surface area contributed by atoms with Crippen molar-refractivity contribution in [3.05, 3.63) is 287 Å². The molecule has 3 heterocycles. The third kappa shape index (κ3) is 10.8. The summed E-state index contributed by atoms with van der Waals surface area (Å²) >= 11 is 1.83. The van der Waals surface area contributed by atoms with Crippen molar-refractivity contribution in [1.29, 1.82) is 0 Å². The van der Waals surface area contributed by atoms with Gasteiger partial charge in [-0.05, 0) is 196 Å². The van der Waals surface area contributed by atoms with Gasteiger partial charge in [0.1, 0.15) is 6.33 Å². The van der Waals surface area contributed by atoms with Crippen molar-refractivity contribution in [2.75, 3.05) is 4.90 Å². The molecular weight excluding hydrogens is 1180 g/mol. The number of hydrogen-bond donors (Lipinski definition) is 0. The molecule has 95 heavy (non-hydrogen) atoms. The summed E-state index contributed by atoms with van der Waals surface area (Å²) in [5, 5.41) is 4.79. The summed E-state index contributed by atoms with van der Waals surface area (Å²) in [6, 6.07) is 78.1. The van der Waals surface area contributed by atoms with Gasteiger partial charge in [0.2, 0.25) is 0 Å². The lowest BCUT2D eigenvalue weighted by atomic mass is 9.70. The van der Waals surface area contributed by atoms with Gasteiger partial charge in [0.25, 0.3) is 0 Å². The molecule has 2 aliphatic carbocycles. The normalized spacial score (nSPS) is 13.9. The molecule has 13 aromatic rings. The first-order valence-corrected chi connectivity index (χ1v) is 35.0. The van der Waals surface area contributed by atoms with E-state index in [0.29, 0.717) is 0 Å².